The highest BCUT2D eigenvalue weighted by atomic mass is 16.5. The number of nitrogen functional groups attached to an aromatic ring is 1. The lowest BCUT2D eigenvalue weighted by Gasteiger charge is -2.15. The van der Waals surface area contributed by atoms with Crippen molar-refractivity contribution < 1.29 is 19.7 Å². The molecule has 0 saturated carbocycles. The summed E-state index contributed by atoms with van der Waals surface area (Å²) in [5.41, 5.74) is 11.1. The van der Waals surface area contributed by atoms with Crippen LogP contribution in [-0.2, 0) is 0 Å². The van der Waals surface area contributed by atoms with Crippen LogP contribution in [0.1, 0.15) is 22.1 Å². The van der Waals surface area contributed by atoms with Crippen LogP contribution >= 0.6 is 0 Å². The van der Waals surface area contributed by atoms with Gasteiger partial charge >= 0.3 is 5.97 Å². The standard InChI is InChI=1S/C26H20N2O4/c27-21-11-3-9-19(23(21)29)15-5-1-7-17(13-15)25-28-22-12-4-10-20(24(22)32-25)16-6-2-8-18(14-16)26(30)31/h1-14,25,28-29H,27H2,(H,30,31). The van der Waals surface area contributed by atoms with Gasteiger partial charge in [0.05, 0.1) is 16.9 Å². The maximum absolute atomic E-state index is 11.4. The molecule has 1 aliphatic heterocycles. The second kappa shape index (κ2) is 7.67. The van der Waals surface area contributed by atoms with E-state index in [-0.39, 0.29) is 11.3 Å². The largest absolute Gasteiger partial charge is 0.505 e. The Morgan fingerprint density at radius 1 is 0.875 bits per heavy atom. The van der Waals surface area contributed by atoms with Crippen LogP contribution in [0.3, 0.4) is 0 Å². The second-order valence-corrected chi connectivity index (χ2v) is 7.58. The molecule has 5 N–H and O–H groups in total. The molecule has 0 amide bonds. The van der Waals surface area contributed by atoms with E-state index in [1.807, 2.05) is 54.6 Å². The molecule has 6 nitrogen and oxygen atoms in total. The average Bonchev–Trinajstić information content (AvgIpc) is 3.25. The number of phenols is 1. The molecule has 5 rings (SSSR count). The molecule has 0 aromatic heterocycles. The number of carboxylic acid groups (broad SMARTS) is 1. The predicted octanol–water partition coefficient (Wildman–Crippen LogP) is 5.51. The quantitative estimate of drug-likeness (QED) is 0.254. The number of ether oxygens (including phenoxy) is 1. The molecule has 0 saturated heterocycles. The number of hydrogen-bond acceptors (Lipinski definition) is 5. The fourth-order valence-electron chi connectivity index (χ4n) is 3.93. The Kier molecular flexibility index (Phi) is 4.67. The average molecular weight is 424 g/mol. The van der Waals surface area contributed by atoms with E-state index in [1.165, 1.54) is 0 Å². The van der Waals surface area contributed by atoms with Crippen molar-refractivity contribution in [3.63, 3.8) is 0 Å². The van der Waals surface area contributed by atoms with Crippen LogP contribution in [0.25, 0.3) is 22.3 Å². The number of fused-ring (bicyclic) bond motifs is 1. The number of rotatable bonds is 4. The van der Waals surface area contributed by atoms with E-state index in [9.17, 15) is 15.0 Å². The Balaban J connectivity index is 1.49. The first-order valence-electron chi connectivity index (χ1n) is 10.1. The SMILES string of the molecule is Nc1cccc(-c2cccc(C3Nc4cccc(-c5cccc(C(=O)O)c5)c4O3)c2)c1O. The Morgan fingerprint density at radius 3 is 2.38 bits per heavy atom. The molecule has 0 aliphatic carbocycles. The first-order chi connectivity index (χ1) is 15.5. The van der Waals surface area contributed by atoms with E-state index in [2.05, 4.69) is 5.32 Å². The van der Waals surface area contributed by atoms with Crippen molar-refractivity contribution in [2.45, 2.75) is 6.23 Å². The summed E-state index contributed by atoms with van der Waals surface area (Å²) >= 11 is 0. The van der Waals surface area contributed by atoms with Crippen molar-refractivity contribution >= 4 is 17.3 Å². The molecule has 158 valence electrons. The number of hydrogen-bond donors (Lipinski definition) is 4. The van der Waals surface area contributed by atoms with Crippen LogP contribution in [0.15, 0.2) is 84.9 Å². The zero-order valence-electron chi connectivity index (χ0n) is 16.9. The van der Waals surface area contributed by atoms with Gasteiger partial charge in [0.2, 0.25) is 0 Å². The molecular formula is C26H20N2O4. The van der Waals surface area contributed by atoms with Gasteiger partial charge in [-0.05, 0) is 41.5 Å². The molecule has 4 aromatic rings. The molecule has 6 heteroatoms. The Labute approximate surface area is 184 Å². The van der Waals surface area contributed by atoms with Gasteiger partial charge in [-0.15, -0.1) is 0 Å². The molecule has 0 spiro atoms. The molecule has 1 heterocycles. The van der Waals surface area contributed by atoms with E-state index < -0.39 is 12.2 Å². The third-order valence-corrected chi connectivity index (χ3v) is 5.53. The van der Waals surface area contributed by atoms with Gasteiger partial charge in [-0.2, -0.15) is 0 Å². The molecule has 1 aliphatic rings. The number of aromatic carboxylic acids is 1. The fraction of sp³-hybridized carbons (Fsp3) is 0.0385. The summed E-state index contributed by atoms with van der Waals surface area (Å²) in [6.07, 6.45) is -0.433. The van der Waals surface area contributed by atoms with E-state index in [4.69, 9.17) is 10.5 Å². The van der Waals surface area contributed by atoms with Crippen molar-refractivity contribution in [1.29, 1.82) is 0 Å². The summed E-state index contributed by atoms with van der Waals surface area (Å²) in [4.78, 5) is 11.4. The summed E-state index contributed by atoms with van der Waals surface area (Å²) in [6.45, 7) is 0. The Morgan fingerprint density at radius 2 is 1.56 bits per heavy atom. The van der Waals surface area contributed by atoms with Crippen LogP contribution in [0.2, 0.25) is 0 Å². The minimum absolute atomic E-state index is 0.0498. The maximum atomic E-state index is 11.4. The Bertz CT molecular complexity index is 1350. The van der Waals surface area contributed by atoms with Gasteiger partial charge in [0.25, 0.3) is 0 Å². The van der Waals surface area contributed by atoms with Crippen LogP contribution in [0, 0.1) is 0 Å². The Hall–Kier alpha value is -4.45. The van der Waals surface area contributed by atoms with E-state index in [0.717, 1.165) is 27.9 Å². The number of nitrogens with two attached hydrogens (primary N) is 1. The summed E-state index contributed by atoms with van der Waals surface area (Å²) in [5.74, 6) is -0.260. The normalized spacial score (nSPS) is 14.3. The number of aromatic hydroxyl groups is 1. The van der Waals surface area contributed by atoms with Crippen molar-refractivity contribution in [3.8, 4) is 33.8 Å². The van der Waals surface area contributed by atoms with Gasteiger partial charge in [-0.1, -0.05) is 54.6 Å². The van der Waals surface area contributed by atoms with E-state index in [1.54, 1.807) is 30.3 Å². The topological polar surface area (TPSA) is 105 Å². The summed E-state index contributed by atoms with van der Waals surface area (Å²) in [5, 5.41) is 23.1. The lowest BCUT2D eigenvalue weighted by atomic mass is 10.0. The first kappa shape index (κ1) is 19.5. The molecule has 1 atom stereocenters. The van der Waals surface area contributed by atoms with Crippen LogP contribution in [0.4, 0.5) is 11.4 Å². The number of anilines is 2. The van der Waals surface area contributed by atoms with Crippen molar-refractivity contribution in [1.82, 2.24) is 0 Å². The molecule has 0 radical (unpaired) electrons. The molecule has 32 heavy (non-hydrogen) atoms. The van der Waals surface area contributed by atoms with Crippen LogP contribution in [0.5, 0.6) is 11.5 Å². The van der Waals surface area contributed by atoms with Crippen molar-refractivity contribution in [2.24, 2.45) is 0 Å². The van der Waals surface area contributed by atoms with Gasteiger partial charge in [0.1, 0.15) is 5.75 Å². The number of para-hydroxylation sites is 2. The molecule has 1 unspecified atom stereocenters. The van der Waals surface area contributed by atoms with E-state index >= 15 is 0 Å². The summed E-state index contributed by atoms with van der Waals surface area (Å²) in [6, 6.07) is 25.5. The lowest BCUT2D eigenvalue weighted by Crippen LogP contribution is -2.10. The van der Waals surface area contributed by atoms with Crippen molar-refractivity contribution in [2.75, 3.05) is 11.1 Å². The second-order valence-electron chi connectivity index (χ2n) is 7.58. The highest BCUT2D eigenvalue weighted by molar-refractivity contribution is 5.90. The third kappa shape index (κ3) is 3.37. The summed E-state index contributed by atoms with van der Waals surface area (Å²) in [7, 11) is 0. The molecule has 0 fully saturated rings. The fourth-order valence-corrected chi connectivity index (χ4v) is 3.93. The number of carbonyl (C=O) groups is 1. The van der Waals surface area contributed by atoms with Gasteiger partial charge in [0.15, 0.2) is 12.0 Å². The van der Waals surface area contributed by atoms with Gasteiger partial charge in [-0.25, -0.2) is 4.79 Å². The van der Waals surface area contributed by atoms with Crippen LogP contribution < -0.4 is 15.8 Å². The zero-order valence-corrected chi connectivity index (χ0v) is 16.9. The minimum atomic E-state index is -0.974. The van der Waals surface area contributed by atoms with Crippen LogP contribution in [-0.4, -0.2) is 16.2 Å². The number of phenolic OH excluding ortho intramolecular Hbond substituents is 1. The zero-order chi connectivity index (χ0) is 22.2. The number of nitrogens with one attached hydrogen (secondary N) is 1. The lowest BCUT2D eigenvalue weighted by molar-refractivity contribution is 0.0697. The number of benzene rings is 4. The maximum Gasteiger partial charge on any atom is 0.335 e. The van der Waals surface area contributed by atoms with E-state index in [0.29, 0.717) is 17.0 Å². The number of carboxylic acids is 1. The highest BCUT2D eigenvalue weighted by Gasteiger charge is 2.27. The van der Waals surface area contributed by atoms with Gasteiger partial charge < -0.3 is 26.0 Å². The predicted molar refractivity (Wildman–Crippen MR) is 124 cm³/mol. The smallest absolute Gasteiger partial charge is 0.335 e. The van der Waals surface area contributed by atoms with Gasteiger partial charge in [0, 0.05) is 16.7 Å². The molecular weight excluding hydrogens is 404 g/mol. The van der Waals surface area contributed by atoms with Gasteiger partial charge in [-0.3, -0.25) is 0 Å². The third-order valence-electron chi connectivity index (χ3n) is 5.53. The highest BCUT2D eigenvalue weighted by Crippen LogP contribution is 2.45. The minimum Gasteiger partial charge on any atom is -0.505 e. The first-order valence-corrected chi connectivity index (χ1v) is 10.1. The molecule has 0 bridgehead atoms. The monoisotopic (exact) mass is 424 g/mol. The molecule has 4 aromatic carbocycles. The summed E-state index contributed by atoms with van der Waals surface area (Å²) < 4.78 is 6.28. The van der Waals surface area contributed by atoms with Crippen molar-refractivity contribution in [3.05, 3.63) is 96.1 Å².